The van der Waals surface area contributed by atoms with E-state index in [1.165, 1.54) is 12.1 Å². The minimum Gasteiger partial charge on any atom is -0.371 e. The molecule has 2 aromatic rings. The summed E-state index contributed by atoms with van der Waals surface area (Å²) in [5, 5.41) is 18.8. The van der Waals surface area contributed by atoms with Crippen LogP contribution in [0.3, 0.4) is 0 Å². The van der Waals surface area contributed by atoms with Crippen LogP contribution in [0.5, 0.6) is 0 Å². The predicted molar refractivity (Wildman–Crippen MR) is 90.7 cm³/mol. The molecule has 2 rings (SSSR count). The molecule has 7 nitrogen and oxygen atoms in total. The topological polar surface area (TPSA) is 97.1 Å². The maximum atomic E-state index is 10.6. The van der Waals surface area contributed by atoms with E-state index in [1.54, 1.807) is 12.1 Å². The SMILES string of the molecule is CCN(CCN)c1ccc(/N=N/c2ccc([N+](=O)[O-])cc2)cc1. The zero-order chi connectivity index (χ0) is 16.7. The molecule has 7 heteroatoms. The maximum absolute atomic E-state index is 10.6. The Kier molecular flexibility index (Phi) is 5.76. The Morgan fingerprint density at radius 1 is 1.04 bits per heavy atom. The third-order valence-electron chi connectivity index (χ3n) is 3.34. The summed E-state index contributed by atoms with van der Waals surface area (Å²) in [5.74, 6) is 0. The van der Waals surface area contributed by atoms with Crippen LogP contribution in [0, 0.1) is 10.1 Å². The number of hydrogen-bond acceptors (Lipinski definition) is 6. The number of likely N-dealkylation sites (N-methyl/N-ethyl adjacent to an activating group) is 1. The maximum Gasteiger partial charge on any atom is 0.269 e. The number of nitro groups is 1. The van der Waals surface area contributed by atoms with Crippen molar-refractivity contribution in [1.82, 2.24) is 0 Å². The van der Waals surface area contributed by atoms with Gasteiger partial charge in [0, 0.05) is 37.5 Å². The molecule has 0 atom stereocenters. The highest BCUT2D eigenvalue weighted by Gasteiger charge is 2.04. The van der Waals surface area contributed by atoms with Gasteiger partial charge in [-0.25, -0.2) is 0 Å². The first kappa shape index (κ1) is 16.6. The molecule has 0 aliphatic carbocycles. The first-order valence-corrected chi connectivity index (χ1v) is 7.35. The van der Waals surface area contributed by atoms with Crippen LogP contribution in [-0.4, -0.2) is 24.6 Å². The van der Waals surface area contributed by atoms with Gasteiger partial charge in [-0.3, -0.25) is 10.1 Å². The van der Waals surface area contributed by atoms with Crippen molar-refractivity contribution in [3.8, 4) is 0 Å². The monoisotopic (exact) mass is 313 g/mol. The minimum atomic E-state index is -0.444. The smallest absolute Gasteiger partial charge is 0.269 e. The van der Waals surface area contributed by atoms with Gasteiger partial charge in [0.1, 0.15) is 0 Å². The standard InChI is InChI=1S/C16H19N5O2/c1-2-20(12-11-17)15-7-3-13(4-8-15)18-19-14-5-9-16(10-6-14)21(22)23/h3-10H,2,11-12,17H2,1H3/b19-18+. The van der Waals surface area contributed by atoms with Gasteiger partial charge in [0.05, 0.1) is 16.3 Å². The number of rotatable bonds is 7. The molecule has 0 heterocycles. The van der Waals surface area contributed by atoms with Crippen LogP contribution in [0.4, 0.5) is 22.7 Å². The van der Waals surface area contributed by atoms with Crippen molar-refractivity contribution in [3.05, 3.63) is 58.6 Å². The Morgan fingerprint density at radius 2 is 1.57 bits per heavy atom. The zero-order valence-corrected chi connectivity index (χ0v) is 12.9. The van der Waals surface area contributed by atoms with Crippen molar-refractivity contribution in [3.63, 3.8) is 0 Å². The van der Waals surface area contributed by atoms with Crippen molar-refractivity contribution in [2.24, 2.45) is 16.0 Å². The number of benzene rings is 2. The molecule has 0 aliphatic heterocycles. The van der Waals surface area contributed by atoms with E-state index in [4.69, 9.17) is 5.73 Å². The summed E-state index contributed by atoms with van der Waals surface area (Å²) in [6.45, 7) is 4.38. The van der Waals surface area contributed by atoms with E-state index >= 15 is 0 Å². The minimum absolute atomic E-state index is 0.0351. The van der Waals surface area contributed by atoms with Crippen molar-refractivity contribution < 1.29 is 4.92 Å². The molecule has 0 fully saturated rings. The van der Waals surface area contributed by atoms with Crippen LogP contribution in [0.2, 0.25) is 0 Å². The van der Waals surface area contributed by atoms with Gasteiger partial charge in [0.25, 0.3) is 5.69 Å². The zero-order valence-electron chi connectivity index (χ0n) is 12.9. The summed E-state index contributed by atoms with van der Waals surface area (Å²) in [6, 6.07) is 13.7. The summed E-state index contributed by atoms with van der Waals surface area (Å²) in [5.41, 5.74) is 8.01. The molecule has 0 amide bonds. The average Bonchev–Trinajstić information content (AvgIpc) is 2.59. The van der Waals surface area contributed by atoms with E-state index in [2.05, 4.69) is 22.1 Å². The molecule has 0 aromatic heterocycles. The number of nitrogens with zero attached hydrogens (tertiary/aromatic N) is 4. The van der Waals surface area contributed by atoms with Crippen LogP contribution < -0.4 is 10.6 Å². The first-order valence-electron chi connectivity index (χ1n) is 7.35. The highest BCUT2D eigenvalue weighted by atomic mass is 16.6. The molecule has 23 heavy (non-hydrogen) atoms. The van der Waals surface area contributed by atoms with Gasteiger partial charge >= 0.3 is 0 Å². The first-order chi connectivity index (χ1) is 11.1. The molecular formula is C16H19N5O2. The molecular weight excluding hydrogens is 294 g/mol. The molecule has 0 spiro atoms. The lowest BCUT2D eigenvalue weighted by molar-refractivity contribution is -0.384. The number of non-ortho nitro benzene ring substituents is 1. The van der Waals surface area contributed by atoms with E-state index in [0.717, 1.165) is 24.5 Å². The fraction of sp³-hybridized carbons (Fsp3) is 0.250. The van der Waals surface area contributed by atoms with Gasteiger partial charge in [0.15, 0.2) is 0 Å². The van der Waals surface area contributed by atoms with E-state index in [1.807, 2.05) is 24.3 Å². The second-order valence-corrected chi connectivity index (χ2v) is 4.86. The van der Waals surface area contributed by atoms with Gasteiger partial charge in [0.2, 0.25) is 0 Å². The normalized spacial score (nSPS) is 10.9. The Balaban J connectivity index is 2.06. The number of hydrogen-bond donors (Lipinski definition) is 1. The number of nitrogens with two attached hydrogens (primary N) is 1. The van der Waals surface area contributed by atoms with E-state index in [9.17, 15) is 10.1 Å². The molecule has 0 saturated carbocycles. The molecule has 0 bridgehead atoms. The molecule has 0 radical (unpaired) electrons. The van der Waals surface area contributed by atoms with E-state index < -0.39 is 4.92 Å². The summed E-state index contributed by atoms with van der Waals surface area (Å²) >= 11 is 0. The van der Waals surface area contributed by atoms with Crippen molar-refractivity contribution in [2.45, 2.75) is 6.92 Å². The third kappa shape index (κ3) is 4.58. The molecule has 120 valence electrons. The largest absolute Gasteiger partial charge is 0.371 e. The Hall–Kier alpha value is -2.80. The molecule has 0 aliphatic rings. The highest BCUT2D eigenvalue weighted by Crippen LogP contribution is 2.23. The number of anilines is 1. The fourth-order valence-corrected chi connectivity index (χ4v) is 2.11. The molecule has 0 saturated heterocycles. The lowest BCUT2D eigenvalue weighted by Crippen LogP contribution is -2.28. The van der Waals surface area contributed by atoms with E-state index in [-0.39, 0.29) is 5.69 Å². The van der Waals surface area contributed by atoms with Gasteiger partial charge in [-0.2, -0.15) is 10.2 Å². The second-order valence-electron chi connectivity index (χ2n) is 4.86. The molecule has 0 unspecified atom stereocenters. The summed E-state index contributed by atoms with van der Waals surface area (Å²) in [7, 11) is 0. The lowest BCUT2D eigenvalue weighted by atomic mass is 10.2. The second kappa shape index (κ2) is 8.00. The van der Waals surface area contributed by atoms with Crippen LogP contribution >= 0.6 is 0 Å². The highest BCUT2D eigenvalue weighted by molar-refractivity contribution is 5.53. The van der Waals surface area contributed by atoms with Gasteiger partial charge in [-0.15, -0.1) is 0 Å². The molecule has 2 aromatic carbocycles. The summed E-state index contributed by atoms with van der Waals surface area (Å²) in [4.78, 5) is 12.3. The predicted octanol–water partition coefficient (Wildman–Crippen LogP) is 3.80. The fourth-order valence-electron chi connectivity index (χ4n) is 2.11. The number of azo groups is 1. The van der Waals surface area contributed by atoms with Crippen LogP contribution in [0.15, 0.2) is 58.8 Å². The lowest BCUT2D eigenvalue weighted by Gasteiger charge is -2.22. The Labute approximate surface area is 134 Å². The summed E-state index contributed by atoms with van der Waals surface area (Å²) < 4.78 is 0. The van der Waals surface area contributed by atoms with Gasteiger partial charge in [-0.1, -0.05) is 0 Å². The average molecular weight is 313 g/mol. The van der Waals surface area contributed by atoms with Crippen molar-refractivity contribution in [2.75, 3.05) is 24.5 Å². The van der Waals surface area contributed by atoms with Crippen molar-refractivity contribution >= 4 is 22.7 Å². The van der Waals surface area contributed by atoms with Crippen LogP contribution in [0.1, 0.15) is 6.92 Å². The van der Waals surface area contributed by atoms with Crippen LogP contribution in [0.25, 0.3) is 0 Å². The number of nitro benzene ring substituents is 1. The molecule has 2 N–H and O–H groups in total. The van der Waals surface area contributed by atoms with E-state index in [0.29, 0.717) is 12.2 Å². The summed E-state index contributed by atoms with van der Waals surface area (Å²) in [6.07, 6.45) is 0. The quantitative estimate of drug-likeness (QED) is 0.477. The van der Waals surface area contributed by atoms with Crippen LogP contribution in [-0.2, 0) is 0 Å². The third-order valence-corrected chi connectivity index (χ3v) is 3.34. The van der Waals surface area contributed by atoms with Gasteiger partial charge < -0.3 is 10.6 Å². The Bertz CT molecular complexity index is 668. The van der Waals surface area contributed by atoms with Gasteiger partial charge in [-0.05, 0) is 43.3 Å². The Morgan fingerprint density at radius 3 is 2.00 bits per heavy atom. The van der Waals surface area contributed by atoms with Crippen molar-refractivity contribution in [1.29, 1.82) is 0 Å².